The molecule has 2 N–H and O–H groups in total. The van der Waals surface area contributed by atoms with Crippen LogP contribution in [0.3, 0.4) is 0 Å². The molecule has 0 radical (unpaired) electrons. The van der Waals surface area contributed by atoms with Gasteiger partial charge in [0.25, 0.3) is 11.1 Å². The monoisotopic (exact) mass is 719 g/mol. The number of nitriles is 1. The first-order valence-corrected chi connectivity index (χ1v) is 14.3. The number of halogens is 2. The Labute approximate surface area is 261 Å². The molecular weight excluding hydrogens is 698 g/mol. The van der Waals surface area contributed by atoms with E-state index in [-0.39, 0.29) is 27.3 Å². The molecule has 0 saturated carbocycles. The fraction of sp³-hybridized carbons (Fsp3) is 0.222. The number of rotatable bonds is 6. The SMILES string of the molecule is Cn1c(O)c(C(c2cc(Br)c(OCc3ccccc3C#N)c(Br)c2)c2c(O)n(C)c(=S)n(C)c2=O)c(=O)n(C)c1=S. The lowest BCUT2D eigenvalue weighted by Gasteiger charge is -2.24. The fourth-order valence-electron chi connectivity index (χ4n) is 4.49. The van der Waals surface area contributed by atoms with E-state index in [1.807, 2.05) is 0 Å². The number of aromatic hydroxyl groups is 2. The molecule has 4 aromatic rings. The molecule has 2 aromatic carbocycles. The Kier molecular flexibility index (Phi) is 8.74. The second-order valence-electron chi connectivity index (χ2n) is 9.19. The molecule has 0 amide bonds. The lowest BCUT2D eigenvalue weighted by Crippen LogP contribution is -2.33. The van der Waals surface area contributed by atoms with Crippen LogP contribution in [0.2, 0.25) is 0 Å². The molecule has 2 aromatic heterocycles. The summed E-state index contributed by atoms with van der Waals surface area (Å²) in [5, 5.41) is 31.8. The van der Waals surface area contributed by atoms with Gasteiger partial charge < -0.3 is 14.9 Å². The second kappa shape index (κ2) is 11.8. The first-order chi connectivity index (χ1) is 19.3. The van der Waals surface area contributed by atoms with Gasteiger partial charge in [-0.1, -0.05) is 18.2 Å². The molecule has 0 atom stereocenters. The van der Waals surface area contributed by atoms with Gasteiger partial charge in [-0.05, 0) is 80.1 Å². The maximum Gasteiger partial charge on any atom is 0.262 e. The van der Waals surface area contributed by atoms with Gasteiger partial charge in [-0.25, -0.2) is 0 Å². The summed E-state index contributed by atoms with van der Waals surface area (Å²) in [4.78, 5) is 27.2. The van der Waals surface area contributed by atoms with Crippen molar-refractivity contribution >= 4 is 56.3 Å². The minimum absolute atomic E-state index is 0.0577. The zero-order valence-electron chi connectivity index (χ0n) is 22.2. The molecule has 0 aliphatic heterocycles. The Morgan fingerprint density at radius 2 is 1.34 bits per heavy atom. The molecule has 0 unspecified atom stereocenters. The number of ether oxygens (including phenoxy) is 1. The highest BCUT2D eigenvalue weighted by Crippen LogP contribution is 2.42. The van der Waals surface area contributed by atoms with Crippen LogP contribution in [0.5, 0.6) is 17.5 Å². The summed E-state index contributed by atoms with van der Waals surface area (Å²) in [6.45, 7) is 0.0959. The van der Waals surface area contributed by atoms with Gasteiger partial charge in [0, 0.05) is 33.8 Å². The summed E-state index contributed by atoms with van der Waals surface area (Å²) >= 11 is 17.6. The van der Waals surface area contributed by atoms with Crippen molar-refractivity contribution in [1.82, 2.24) is 18.3 Å². The van der Waals surface area contributed by atoms with Crippen LogP contribution in [0.15, 0.2) is 54.9 Å². The van der Waals surface area contributed by atoms with Crippen molar-refractivity contribution in [2.24, 2.45) is 28.2 Å². The molecule has 0 saturated heterocycles. The number of benzene rings is 2. The van der Waals surface area contributed by atoms with E-state index in [4.69, 9.17) is 29.2 Å². The van der Waals surface area contributed by atoms with E-state index in [1.165, 1.54) is 46.5 Å². The molecule has 0 aliphatic rings. The molecule has 212 valence electrons. The van der Waals surface area contributed by atoms with Crippen LogP contribution in [0.1, 0.15) is 33.7 Å². The molecule has 2 heterocycles. The van der Waals surface area contributed by atoms with E-state index in [0.29, 0.717) is 31.4 Å². The van der Waals surface area contributed by atoms with Crippen LogP contribution in [-0.4, -0.2) is 28.5 Å². The predicted molar refractivity (Wildman–Crippen MR) is 165 cm³/mol. The number of hydrogen-bond acceptors (Lipinski definition) is 8. The molecule has 4 rings (SSSR count). The standard InChI is InChI=1S/C27H23Br2N5O5S2/c1-31-22(35)19(23(36)32(2)26(31)40)18(20-24(37)33(3)27(41)34(4)25(20)38)15-9-16(28)21(17(29)10-15)39-12-14-8-6-5-7-13(14)11-30/h5-10,18,35,37H,12H2,1-4H3. The first-order valence-electron chi connectivity index (χ1n) is 11.9. The summed E-state index contributed by atoms with van der Waals surface area (Å²) in [5.41, 5.74) is -0.129. The van der Waals surface area contributed by atoms with Crippen LogP contribution >= 0.6 is 56.3 Å². The Morgan fingerprint density at radius 3 is 1.80 bits per heavy atom. The summed E-state index contributed by atoms with van der Waals surface area (Å²) in [6.07, 6.45) is 0. The Balaban J connectivity index is 2.00. The van der Waals surface area contributed by atoms with Crippen LogP contribution in [0, 0.1) is 20.9 Å². The highest BCUT2D eigenvalue weighted by molar-refractivity contribution is 9.11. The lowest BCUT2D eigenvalue weighted by atomic mass is 9.86. The molecular formula is C27H23Br2N5O5S2. The van der Waals surface area contributed by atoms with Crippen molar-refractivity contribution in [2.75, 3.05) is 0 Å². The van der Waals surface area contributed by atoms with E-state index < -0.39 is 28.8 Å². The largest absolute Gasteiger partial charge is 0.494 e. The molecule has 0 bridgehead atoms. The minimum atomic E-state index is -1.25. The molecule has 0 aliphatic carbocycles. The molecule has 41 heavy (non-hydrogen) atoms. The topological polar surface area (TPSA) is 127 Å². The van der Waals surface area contributed by atoms with Gasteiger partial charge in [0.15, 0.2) is 9.54 Å². The number of nitrogens with zero attached hydrogens (tertiary/aromatic N) is 5. The maximum absolute atomic E-state index is 13.6. The third kappa shape index (κ3) is 5.30. The zero-order chi connectivity index (χ0) is 30.3. The Bertz CT molecular complexity index is 1900. The highest BCUT2D eigenvalue weighted by Gasteiger charge is 2.33. The Hall–Kier alpha value is -3.51. The van der Waals surface area contributed by atoms with Gasteiger partial charge in [0.1, 0.15) is 12.4 Å². The normalized spacial score (nSPS) is 11.1. The summed E-state index contributed by atoms with van der Waals surface area (Å²) in [7, 11) is 5.89. The number of hydrogen-bond donors (Lipinski definition) is 2. The van der Waals surface area contributed by atoms with Crippen molar-refractivity contribution in [3.8, 4) is 23.6 Å². The second-order valence-corrected chi connectivity index (χ2v) is 11.6. The average Bonchev–Trinajstić information content (AvgIpc) is 2.95. The van der Waals surface area contributed by atoms with E-state index in [9.17, 15) is 25.1 Å². The van der Waals surface area contributed by atoms with Gasteiger partial charge in [-0.3, -0.25) is 27.9 Å². The smallest absolute Gasteiger partial charge is 0.262 e. The van der Waals surface area contributed by atoms with Crippen molar-refractivity contribution in [1.29, 1.82) is 5.26 Å². The summed E-state index contributed by atoms with van der Waals surface area (Å²) in [6, 6.07) is 12.4. The lowest BCUT2D eigenvalue weighted by molar-refractivity contribution is 0.302. The summed E-state index contributed by atoms with van der Waals surface area (Å²) < 4.78 is 11.9. The first kappa shape index (κ1) is 30.4. The van der Waals surface area contributed by atoms with Crippen LogP contribution in [0.25, 0.3) is 0 Å². The van der Waals surface area contributed by atoms with Gasteiger partial charge in [0.05, 0.1) is 37.6 Å². The van der Waals surface area contributed by atoms with Crippen LogP contribution in [0.4, 0.5) is 0 Å². The van der Waals surface area contributed by atoms with Gasteiger partial charge in [0.2, 0.25) is 11.8 Å². The highest BCUT2D eigenvalue weighted by atomic mass is 79.9. The van der Waals surface area contributed by atoms with E-state index in [1.54, 1.807) is 36.4 Å². The third-order valence-corrected chi connectivity index (χ3v) is 9.05. The zero-order valence-corrected chi connectivity index (χ0v) is 27.0. The van der Waals surface area contributed by atoms with Gasteiger partial charge >= 0.3 is 0 Å². The molecule has 0 fully saturated rings. The predicted octanol–water partition coefficient (Wildman–Crippen LogP) is 4.79. The van der Waals surface area contributed by atoms with Crippen molar-refractivity contribution < 1.29 is 14.9 Å². The van der Waals surface area contributed by atoms with Gasteiger partial charge in [-0.15, -0.1) is 0 Å². The quantitative estimate of drug-likeness (QED) is 0.273. The molecule has 10 nitrogen and oxygen atoms in total. The average molecular weight is 721 g/mol. The van der Waals surface area contributed by atoms with Crippen molar-refractivity contribution in [3.05, 3.63) is 103 Å². The van der Waals surface area contributed by atoms with E-state index >= 15 is 0 Å². The summed E-state index contributed by atoms with van der Waals surface area (Å²) in [5.74, 6) is -1.78. The van der Waals surface area contributed by atoms with Crippen molar-refractivity contribution in [2.45, 2.75) is 12.5 Å². The molecule has 14 heteroatoms. The number of aromatic nitrogens is 4. The van der Waals surface area contributed by atoms with Crippen LogP contribution in [-0.2, 0) is 34.8 Å². The van der Waals surface area contributed by atoms with E-state index in [2.05, 4.69) is 37.9 Å². The fourth-order valence-corrected chi connectivity index (χ4v) is 6.28. The maximum atomic E-state index is 13.6. The third-order valence-electron chi connectivity index (χ3n) is 6.78. The van der Waals surface area contributed by atoms with Crippen molar-refractivity contribution in [3.63, 3.8) is 0 Å². The van der Waals surface area contributed by atoms with Crippen LogP contribution < -0.4 is 15.9 Å². The van der Waals surface area contributed by atoms with Gasteiger partial charge in [-0.2, -0.15) is 5.26 Å². The molecule has 0 spiro atoms. The minimum Gasteiger partial charge on any atom is -0.494 e. The van der Waals surface area contributed by atoms with E-state index in [0.717, 1.165) is 0 Å². The Morgan fingerprint density at radius 1 is 0.878 bits per heavy atom.